The number of carbonyl (C=O) groups excluding carboxylic acids is 3. The number of carbonyl (C=O) groups is 3. The van der Waals surface area contributed by atoms with Crippen molar-refractivity contribution >= 4 is 98.7 Å². The van der Waals surface area contributed by atoms with E-state index in [2.05, 4.69) is 5.32 Å². The molecule has 0 unspecified atom stereocenters. The van der Waals surface area contributed by atoms with Gasteiger partial charge in [-0.2, -0.15) is 0 Å². The molecular formula is C26H20Cl6N2O3. The van der Waals surface area contributed by atoms with Gasteiger partial charge in [-0.15, -0.1) is 23.2 Å². The molecule has 2 fully saturated rings. The lowest BCUT2D eigenvalue weighted by Crippen LogP contribution is -2.50. The van der Waals surface area contributed by atoms with E-state index in [0.29, 0.717) is 5.56 Å². The fraction of sp³-hybridized carbons (Fsp3) is 0.346. The van der Waals surface area contributed by atoms with E-state index in [1.165, 1.54) is 24.3 Å². The molecule has 1 saturated carbocycles. The SMILES string of the molecule is CCc1cccc(CC)c1NC(=O)c1ccc(N2C(=O)[C@@H]3[C@@H](C2=O)[C@@]2(Cl)C(Cl)=C(Cl)[C@@]3(Cl)C2(Cl)Cl)cc1. The highest BCUT2D eigenvalue weighted by Gasteiger charge is 2.87. The lowest BCUT2D eigenvalue weighted by Gasteiger charge is -2.34. The zero-order chi connectivity index (χ0) is 27.1. The molecule has 37 heavy (non-hydrogen) atoms. The predicted molar refractivity (Wildman–Crippen MR) is 149 cm³/mol. The summed E-state index contributed by atoms with van der Waals surface area (Å²) in [6.07, 6.45) is 1.53. The van der Waals surface area contributed by atoms with Crippen LogP contribution in [0, 0.1) is 11.8 Å². The maximum Gasteiger partial charge on any atom is 0.255 e. The highest BCUT2D eigenvalue weighted by atomic mass is 35.5. The molecule has 1 aliphatic heterocycles. The lowest BCUT2D eigenvalue weighted by molar-refractivity contribution is -0.123. The van der Waals surface area contributed by atoms with E-state index < -0.39 is 37.7 Å². The number of para-hydroxylation sites is 1. The molecule has 2 aromatic rings. The van der Waals surface area contributed by atoms with Gasteiger partial charge >= 0.3 is 0 Å². The van der Waals surface area contributed by atoms with Crippen LogP contribution in [0.2, 0.25) is 0 Å². The molecule has 2 aliphatic carbocycles. The summed E-state index contributed by atoms with van der Waals surface area (Å²) in [6, 6.07) is 12.0. The molecule has 1 saturated heterocycles. The number of aryl methyl sites for hydroxylation is 2. The summed E-state index contributed by atoms with van der Waals surface area (Å²) in [5.41, 5.74) is 3.45. The van der Waals surface area contributed by atoms with Crippen molar-refractivity contribution in [3.63, 3.8) is 0 Å². The van der Waals surface area contributed by atoms with Gasteiger partial charge in [-0.25, -0.2) is 4.90 Å². The number of anilines is 2. The number of rotatable bonds is 5. The average Bonchev–Trinajstić information content (AvgIpc) is 3.27. The van der Waals surface area contributed by atoms with Crippen molar-refractivity contribution in [2.24, 2.45) is 11.8 Å². The van der Waals surface area contributed by atoms with Crippen molar-refractivity contribution < 1.29 is 14.4 Å². The normalized spacial score (nSPS) is 29.8. The van der Waals surface area contributed by atoms with E-state index >= 15 is 0 Å². The molecule has 1 N–H and O–H groups in total. The molecular weight excluding hydrogens is 601 g/mol. The standard InChI is InChI=1S/C26H20Cl6N2O3/c1-3-12-6-5-7-13(4-2)18(12)33-21(35)14-8-10-15(11-9-14)34-22(36)16-17(23(34)37)25(30)20(28)19(27)24(16,29)26(25,31)32/h5-11,16-17H,3-4H2,1-2H3,(H,33,35)/t16-,17-,24+,25+/m0/s1. The predicted octanol–water partition coefficient (Wildman–Crippen LogP) is 7.01. The van der Waals surface area contributed by atoms with Crippen molar-refractivity contribution in [1.82, 2.24) is 0 Å². The minimum atomic E-state index is -1.99. The van der Waals surface area contributed by atoms with Gasteiger partial charge in [0.15, 0.2) is 4.33 Å². The Kier molecular flexibility index (Phi) is 6.62. The van der Waals surface area contributed by atoms with Gasteiger partial charge in [0, 0.05) is 11.3 Å². The number of amides is 3. The van der Waals surface area contributed by atoms with Crippen LogP contribution in [0.4, 0.5) is 11.4 Å². The molecule has 5 rings (SSSR count). The maximum absolute atomic E-state index is 13.5. The van der Waals surface area contributed by atoms with E-state index in [1.54, 1.807) is 0 Å². The van der Waals surface area contributed by atoms with Gasteiger partial charge in [0.05, 0.1) is 27.6 Å². The number of hydrogen-bond acceptors (Lipinski definition) is 3. The second kappa shape index (κ2) is 9.04. The minimum Gasteiger partial charge on any atom is -0.321 e. The molecule has 2 bridgehead atoms. The van der Waals surface area contributed by atoms with E-state index in [1.807, 2.05) is 32.0 Å². The van der Waals surface area contributed by atoms with Crippen LogP contribution in [-0.4, -0.2) is 31.8 Å². The smallest absolute Gasteiger partial charge is 0.255 e. The van der Waals surface area contributed by atoms with Crippen LogP contribution in [0.15, 0.2) is 52.5 Å². The third kappa shape index (κ3) is 3.34. The zero-order valence-corrected chi connectivity index (χ0v) is 24.1. The quantitative estimate of drug-likeness (QED) is 0.289. The van der Waals surface area contributed by atoms with Crippen molar-refractivity contribution in [1.29, 1.82) is 0 Å². The molecule has 194 valence electrons. The van der Waals surface area contributed by atoms with Crippen molar-refractivity contribution in [2.75, 3.05) is 10.2 Å². The fourth-order valence-electron chi connectivity index (χ4n) is 5.60. The number of fused-ring (bicyclic) bond motifs is 5. The monoisotopic (exact) mass is 618 g/mol. The third-order valence-corrected chi connectivity index (χ3v) is 11.8. The highest BCUT2D eigenvalue weighted by Crippen LogP contribution is 2.77. The molecule has 2 aromatic carbocycles. The van der Waals surface area contributed by atoms with E-state index in [9.17, 15) is 14.4 Å². The topological polar surface area (TPSA) is 66.5 Å². The van der Waals surface area contributed by atoms with Crippen LogP contribution in [0.5, 0.6) is 0 Å². The molecule has 0 aromatic heterocycles. The van der Waals surface area contributed by atoms with Crippen LogP contribution in [0.25, 0.3) is 0 Å². The molecule has 1 heterocycles. The van der Waals surface area contributed by atoms with Crippen LogP contribution >= 0.6 is 69.6 Å². The number of nitrogens with zero attached hydrogens (tertiary/aromatic N) is 1. The summed E-state index contributed by atoms with van der Waals surface area (Å²) in [4.78, 5) is 37.3. The molecule has 4 atom stereocenters. The van der Waals surface area contributed by atoms with Crippen molar-refractivity contribution in [2.45, 2.75) is 40.8 Å². The first-order valence-corrected chi connectivity index (χ1v) is 13.9. The van der Waals surface area contributed by atoms with Gasteiger partial charge < -0.3 is 5.32 Å². The van der Waals surface area contributed by atoms with Gasteiger partial charge in [0.1, 0.15) is 9.75 Å². The zero-order valence-electron chi connectivity index (χ0n) is 19.6. The number of benzene rings is 2. The van der Waals surface area contributed by atoms with E-state index in [4.69, 9.17) is 69.6 Å². The summed E-state index contributed by atoms with van der Waals surface area (Å²) in [5, 5.41) is 2.70. The van der Waals surface area contributed by atoms with Crippen LogP contribution in [-0.2, 0) is 22.4 Å². The van der Waals surface area contributed by atoms with Crippen LogP contribution in [0.3, 0.4) is 0 Å². The molecule has 5 nitrogen and oxygen atoms in total. The van der Waals surface area contributed by atoms with Gasteiger partial charge in [-0.05, 0) is 48.2 Å². The Morgan fingerprint density at radius 1 is 0.838 bits per heavy atom. The Bertz CT molecular complexity index is 1320. The molecule has 0 radical (unpaired) electrons. The molecule has 3 aliphatic rings. The summed E-state index contributed by atoms with van der Waals surface area (Å²) in [6.45, 7) is 4.05. The van der Waals surface area contributed by atoms with Gasteiger partial charge in [0.2, 0.25) is 11.8 Å². The fourth-order valence-corrected chi connectivity index (χ4v) is 8.53. The van der Waals surface area contributed by atoms with Crippen LogP contribution in [0.1, 0.15) is 35.3 Å². The van der Waals surface area contributed by atoms with Crippen molar-refractivity contribution in [3.05, 3.63) is 69.2 Å². The number of hydrogen-bond donors (Lipinski definition) is 1. The van der Waals surface area contributed by atoms with Crippen LogP contribution < -0.4 is 10.2 Å². The van der Waals surface area contributed by atoms with E-state index in [0.717, 1.165) is 34.6 Å². The molecule has 3 amide bonds. The number of halogens is 6. The number of imide groups is 1. The summed E-state index contributed by atoms with van der Waals surface area (Å²) in [5.74, 6) is -4.05. The Morgan fingerprint density at radius 2 is 1.30 bits per heavy atom. The lowest BCUT2D eigenvalue weighted by atomic mass is 9.84. The maximum atomic E-state index is 13.5. The second-order valence-corrected chi connectivity index (χ2v) is 12.5. The average molecular weight is 621 g/mol. The Morgan fingerprint density at radius 3 is 1.73 bits per heavy atom. The second-order valence-electron chi connectivity index (χ2n) is 9.25. The first kappa shape index (κ1) is 27.1. The Balaban J connectivity index is 1.44. The molecule has 11 heteroatoms. The van der Waals surface area contributed by atoms with Gasteiger partial charge in [-0.3, -0.25) is 14.4 Å². The summed E-state index contributed by atoms with van der Waals surface area (Å²) < 4.78 is -1.99. The molecule has 0 spiro atoms. The Labute approximate surface area is 244 Å². The van der Waals surface area contributed by atoms with E-state index in [-0.39, 0.29) is 21.7 Å². The summed E-state index contributed by atoms with van der Waals surface area (Å²) in [7, 11) is 0. The first-order chi connectivity index (χ1) is 17.4. The Hall–Kier alpha value is -1.47. The minimum absolute atomic E-state index is 0.147. The number of nitrogens with one attached hydrogen (secondary N) is 1. The van der Waals surface area contributed by atoms with Crippen molar-refractivity contribution in [3.8, 4) is 0 Å². The van der Waals surface area contributed by atoms with Gasteiger partial charge in [-0.1, -0.05) is 78.5 Å². The largest absolute Gasteiger partial charge is 0.321 e. The van der Waals surface area contributed by atoms with Gasteiger partial charge in [0.25, 0.3) is 5.91 Å². The summed E-state index contributed by atoms with van der Waals surface area (Å²) >= 11 is 39.2. The first-order valence-electron chi connectivity index (χ1n) is 11.6. The number of allylic oxidation sites excluding steroid dienone is 2. The highest BCUT2D eigenvalue weighted by molar-refractivity contribution is 6.67. The third-order valence-electron chi connectivity index (χ3n) is 7.53. The number of alkyl halides is 4.